The molecule has 3 heterocycles. The smallest absolute Gasteiger partial charge is 0.114 e. The Hall–Kier alpha value is -1.39. The van der Waals surface area contributed by atoms with Gasteiger partial charge in [0.15, 0.2) is 0 Å². The highest BCUT2D eigenvalue weighted by Crippen LogP contribution is 2.34. The van der Waals surface area contributed by atoms with Gasteiger partial charge in [-0.25, -0.2) is 4.98 Å². The number of hydrogen-bond donors (Lipinski definition) is 1. The van der Waals surface area contributed by atoms with Gasteiger partial charge in [-0.2, -0.15) is 0 Å². The van der Waals surface area contributed by atoms with Gasteiger partial charge >= 0.3 is 0 Å². The molecule has 5 rings (SSSR count). The Balaban J connectivity index is 1.32. The Morgan fingerprint density at radius 2 is 1.78 bits per heavy atom. The fourth-order valence-corrected chi connectivity index (χ4v) is 5.70. The van der Waals surface area contributed by atoms with Crippen LogP contribution in [-0.2, 0) is 0 Å². The first kappa shape index (κ1) is 17.7. The molecule has 4 nitrogen and oxygen atoms in total. The summed E-state index contributed by atoms with van der Waals surface area (Å²) in [5.41, 5.74) is 2.54. The molecular weight excluding hydrogens is 332 g/mol. The van der Waals surface area contributed by atoms with Crippen LogP contribution in [0.2, 0.25) is 0 Å². The van der Waals surface area contributed by atoms with Crippen molar-refractivity contribution in [1.29, 1.82) is 0 Å². The first-order valence-electron chi connectivity index (χ1n) is 11.3. The lowest BCUT2D eigenvalue weighted by atomic mass is 9.88. The molecular formula is C23H34N4. The fourth-order valence-electron chi connectivity index (χ4n) is 5.70. The largest absolute Gasteiger partial charge is 0.324 e. The molecule has 2 saturated heterocycles. The predicted octanol–water partition coefficient (Wildman–Crippen LogP) is 4.33. The maximum absolute atomic E-state index is 5.09. The third kappa shape index (κ3) is 3.66. The average molecular weight is 367 g/mol. The summed E-state index contributed by atoms with van der Waals surface area (Å²) in [4.78, 5) is 7.84. The van der Waals surface area contributed by atoms with E-state index in [1.54, 1.807) is 0 Å². The molecule has 146 valence electrons. The second-order valence-electron chi connectivity index (χ2n) is 9.05. The third-order valence-electron chi connectivity index (χ3n) is 7.21. The maximum Gasteiger partial charge on any atom is 0.114 e. The van der Waals surface area contributed by atoms with Gasteiger partial charge in [-0.1, -0.05) is 31.4 Å². The minimum Gasteiger partial charge on any atom is -0.324 e. The van der Waals surface area contributed by atoms with Crippen LogP contribution >= 0.6 is 0 Å². The number of benzene rings is 1. The molecule has 1 atom stereocenters. The zero-order chi connectivity index (χ0) is 18.1. The molecule has 4 heteroatoms. The van der Waals surface area contributed by atoms with Gasteiger partial charge in [0.2, 0.25) is 0 Å². The van der Waals surface area contributed by atoms with Crippen molar-refractivity contribution in [2.75, 3.05) is 32.7 Å². The highest BCUT2D eigenvalue weighted by molar-refractivity contribution is 5.76. The van der Waals surface area contributed by atoms with E-state index in [2.05, 4.69) is 39.0 Å². The van der Waals surface area contributed by atoms with E-state index in [-0.39, 0.29) is 0 Å². The highest BCUT2D eigenvalue weighted by Gasteiger charge is 2.29. The summed E-state index contributed by atoms with van der Waals surface area (Å²) in [6.07, 6.45) is 11.1. The molecule has 1 N–H and O–H groups in total. The minimum atomic E-state index is 0.581. The van der Waals surface area contributed by atoms with E-state index in [1.807, 2.05) is 0 Å². The topological polar surface area (TPSA) is 33.1 Å². The standard InChI is InChI=1S/C23H34N4/c1-2-6-18(7-3-1)17-26-14-11-20(12-15-26)27-22-9-5-4-8-21(22)25-23(27)19-10-13-24-16-19/h4-5,8-9,18-20,24H,1-3,6-7,10-17H2/t19-/m1/s1. The lowest BCUT2D eigenvalue weighted by Crippen LogP contribution is -2.38. The van der Waals surface area contributed by atoms with Crippen molar-refractivity contribution in [1.82, 2.24) is 19.8 Å². The Bertz CT molecular complexity index is 747. The molecule has 1 aromatic carbocycles. The number of rotatable bonds is 4. The number of fused-ring (bicyclic) bond motifs is 1. The van der Waals surface area contributed by atoms with Gasteiger partial charge in [-0.3, -0.25) is 0 Å². The summed E-state index contributed by atoms with van der Waals surface area (Å²) >= 11 is 0. The molecule has 1 aromatic heterocycles. The van der Waals surface area contributed by atoms with Crippen LogP contribution in [0.1, 0.15) is 69.2 Å². The van der Waals surface area contributed by atoms with Crippen LogP contribution in [0.3, 0.4) is 0 Å². The zero-order valence-electron chi connectivity index (χ0n) is 16.6. The van der Waals surface area contributed by atoms with Crippen molar-refractivity contribution >= 4 is 11.0 Å². The van der Waals surface area contributed by atoms with Crippen LogP contribution in [0.4, 0.5) is 0 Å². The normalized spacial score (nSPS) is 26.1. The van der Waals surface area contributed by atoms with Crippen molar-refractivity contribution < 1.29 is 0 Å². The van der Waals surface area contributed by atoms with Gasteiger partial charge < -0.3 is 14.8 Å². The molecule has 3 fully saturated rings. The molecule has 1 aliphatic carbocycles. The van der Waals surface area contributed by atoms with Crippen molar-refractivity contribution in [3.63, 3.8) is 0 Å². The fraction of sp³-hybridized carbons (Fsp3) is 0.696. The number of aromatic nitrogens is 2. The Morgan fingerprint density at radius 3 is 2.56 bits per heavy atom. The number of nitrogens with zero attached hydrogens (tertiary/aromatic N) is 3. The minimum absolute atomic E-state index is 0.581. The molecule has 2 aliphatic heterocycles. The molecule has 2 aromatic rings. The van der Waals surface area contributed by atoms with E-state index in [0.717, 1.165) is 19.0 Å². The summed E-state index contributed by atoms with van der Waals surface area (Å²) in [5, 5.41) is 3.54. The van der Waals surface area contributed by atoms with Gasteiger partial charge in [-0.15, -0.1) is 0 Å². The summed E-state index contributed by atoms with van der Waals surface area (Å²) < 4.78 is 2.63. The molecule has 0 unspecified atom stereocenters. The Labute approximate surface area is 163 Å². The van der Waals surface area contributed by atoms with Crippen molar-refractivity contribution in [3.05, 3.63) is 30.1 Å². The van der Waals surface area contributed by atoms with Crippen molar-refractivity contribution in [2.45, 2.75) is 63.3 Å². The lowest BCUT2D eigenvalue weighted by Gasteiger charge is -2.36. The number of likely N-dealkylation sites (tertiary alicyclic amines) is 1. The van der Waals surface area contributed by atoms with Crippen molar-refractivity contribution in [3.8, 4) is 0 Å². The van der Waals surface area contributed by atoms with Crippen molar-refractivity contribution in [2.24, 2.45) is 5.92 Å². The summed E-state index contributed by atoms with van der Waals surface area (Å²) in [6.45, 7) is 6.08. The maximum atomic E-state index is 5.09. The quantitative estimate of drug-likeness (QED) is 0.874. The summed E-state index contributed by atoms with van der Waals surface area (Å²) in [7, 11) is 0. The Morgan fingerprint density at radius 1 is 0.963 bits per heavy atom. The van der Waals surface area contributed by atoms with Gasteiger partial charge in [-0.05, 0) is 56.7 Å². The third-order valence-corrected chi connectivity index (χ3v) is 7.21. The number of hydrogen-bond acceptors (Lipinski definition) is 3. The number of nitrogens with one attached hydrogen (secondary N) is 1. The number of piperidine rings is 1. The van der Waals surface area contributed by atoms with Crippen LogP contribution in [-0.4, -0.2) is 47.2 Å². The molecule has 0 bridgehead atoms. The SMILES string of the molecule is c1ccc2c(c1)nc([C@@H]1CCNC1)n2C1CCN(CC2CCCCC2)CC1. The van der Waals surface area contributed by atoms with Crippen LogP contribution in [0.25, 0.3) is 11.0 Å². The molecule has 3 aliphatic rings. The summed E-state index contributed by atoms with van der Waals surface area (Å²) in [6, 6.07) is 9.40. The van der Waals surface area contributed by atoms with E-state index in [9.17, 15) is 0 Å². The molecule has 0 radical (unpaired) electrons. The monoisotopic (exact) mass is 366 g/mol. The van der Waals surface area contributed by atoms with E-state index < -0.39 is 0 Å². The predicted molar refractivity (Wildman–Crippen MR) is 111 cm³/mol. The van der Waals surface area contributed by atoms with Gasteiger partial charge in [0, 0.05) is 38.1 Å². The van der Waals surface area contributed by atoms with E-state index in [4.69, 9.17) is 4.98 Å². The van der Waals surface area contributed by atoms with Crippen LogP contribution in [0.15, 0.2) is 24.3 Å². The first-order valence-corrected chi connectivity index (χ1v) is 11.3. The summed E-state index contributed by atoms with van der Waals surface area (Å²) in [5.74, 6) is 2.88. The molecule has 0 spiro atoms. The van der Waals surface area contributed by atoms with E-state index in [0.29, 0.717) is 12.0 Å². The molecule has 27 heavy (non-hydrogen) atoms. The second-order valence-corrected chi connectivity index (χ2v) is 9.05. The van der Waals surface area contributed by atoms with Gasteiger partial charge in [0.05, 0.1) is 11.0 Å². The van der Waals surface area contributed by atoms with Gasteiger partial charge in [0.1, 0.15) is 5.82 Å². The number of imidazole rings is 1. The second kappa shape index (κ2) is 7.92. The average Bonchev–Trinajstić information content (AvgIpc) is 3.37. The van der Waals surface area contributed by atoms with Crippen LogP contribution in [0.5, 0.6) is 0 Å². The van der Waals surface area contributed by atoms with Gasteiger partial charge in [0.25, 0.3) is 0 Å². The molecule has 0 amide bonds. The molecule has 1 saturated carbocycles. The van der Waals surface area contributed by atoms with Crippen LogP contribution < -0.4 is 5.32 Å². The lowest BCUT2D eigenvalue weighted by molar-refractivity contribution is 0.147. The highest BCUT2D eigenvalue weighted by atomic mass is 15.2. The zero-order valence-corrected chi connectivity index (χ0v) is 16.6. The Kier molecular flexibility index (Phi) is 5.19. The van der Waals surface area contributed by atoms with E-state index in [1.165, 1.54) is 87.9 Å². The van der Waals surface area contributed by atoms with E-state index >= 15 is 0 Å². The van der Waals surface area contributed by atoms with Crippen LogP contribution in [0, 0.1) is 5.92 Å². The first-order chi connectivity index (χ1) is 13.4. The number of para-hydroxylation sites is 2.